The lowest BCUT2D eigenvalue weighted by Crippen LogP contribution is -2.16. The standard InChI is InChI=1S/C12H16F3N3OS/c1-8(2)18(19)7-9-6-16-12(17(9)3)20-5-4-10(13)11(14)15/h6-8H,4-5H2,1-3H3/b18-7-. The number of hydroxylamine groups is 1. The highest BCUT2D eigenvalue weighted by atomic mass is 32.2. The van der Waals surface area contributed by atoms with Crippen molar-refractivity contribution in [3.8, 4) is 0 Å². The topological polar surface area (TPSA) is 43.9 Å². The summed E-state index contributed by atoms with van der Waals surface area (Å²) in [5.74, 6) is -1.25. The molecule has 8 heteroatoms. The Morgan fingerprint density at radius 2 is 2.15 bits per heavy atom. The lowest BCUT2D eigenvalue weighted by Gasteiger charge is -2.07. The maximum absolute atomic E-state index is 12.6. The van der Waals surface area contributed by atoms with Crippen molar-refractivity contribution in [3.63, 3.8) is 0 Å². The van der Waals surface area contributed by atoms with Gasteiger partial charge in [-0.25, -0.2) is 14.1 Å². The molecule has 0 aliphatic heterocycles. The summed E-state index contributed by atoms with van der Waals surface area (Å²) in [4.78, 5) is 4.07. The molecular formula is C12H16F3N3OS. The van der Waals surface area contributed by atoms with Crippen LogP contribution in [0, 0.1) is 5.21 Å². The molecule has 1 aromatic heterocycles. The van der Waals surface area contributed by atoms with Crippen LogP contribution in [0.25, 0.3) is 0 Å². The van der Waals surface area contributed by atoms with Crippen molar-refractivity contribution in [1.29, 1.82) is 0 Å². The summed E-state index contributed by atoms with van der Waals surface area (Å²) in [5, 5.41) is 12.1. The molecule has 1 aromatic rings. The number of allylic oxidation sites excluding steroid dienone is 1. The number of thioether (sulfide) groups is 1. The van der Waals surface area contributed by atoms with Gasteiger partial charge in [0.05, 0.1) is 6.20 Å². The van der Waals surface area contributed by atoms with Crippen LogP contribution in [-0.2, 0) is 7.05 Å². The highest BCUT2D eigenvalue weighted by Gasteiger charge is 2.11. The van der Waals surface area contributed by atoms with Crippen LogP contribution in [0.2, 0.25) is 0 Å². The Hall–Kier alpha value is -1.44. The largest absolute Gasteiger partial charge is 0.624 e. The summed E-state index contributed by atoms with van der Waals surface area (Å²) in [7, 11) is 1.71. The molecule has 0 bridgehead atoms. The van der Waals surface area contributed by atoms with Gasteiger partial charge < -0.3 is 9.77 Å². The molecule has 0 unspecified atom stereocenters. The number of rotatable bonds is 6. The van der Waals surface area contributed by atoms with Crippen LogP contribution in [0.1, 0.15) is 26.0 Å². The van der Waals surface area contributed by atoms with E-state index in [1.54, 1.807) is 25.5 Å². The third kappa shape index (κ3) is 4.59. The molecule has 0 aromatic carbocycles. The lowest BCUT2D eigenvalue weighted by molar-refractivity contribution is -0.487. The van der Waals surface area contributed by atoms with Gasteiger partial charge in [0.15, 0.2) is 23.2 Å². The minimum Gasteiger partial charge on any atom is -0.624 e. The zero-order valence-corrected chi connectivity index (χ0v) is 12.3. The molecule has 0 amide bonds. The van der Waals surface area contributed by atoms with Gasteiger partial charge in [0.2, 0.25) is 0 Å². The monoisotopic (exact) mass is 307 g/mol. The van der Waals surface area contributed by atoms with Crippen LogP contribution in [0.15, 0.2) is 23.3 Å². The van der Waals surface area contributed by atoms with Crippen molar-refractivity contribution in [2.75, 3.05) is 5.75 Å². The summed E-state index contributed by atoms with van der Waals surface area (Å²) in [6, 6.07) is -0.187. The quantitative estimate of drug-likeness (QED) is 0.266. The Balaban J connectivity index is 2.69. The van der Waals surface area contributed by atoms with E-state index in [0.717, 1.165) is 16.5 Å². The third-order valence-electron chi connectivity index (χ3n) is 2.51. The summed E-state index contributed by atoms with van der Waals surface area (Å²) in [6.45, 7) is 3.52. The molecule has 112 valence electrons. The van der Waals surface area contributed by atoms with Crippen molar-refractivity contribution in [3.05, 3.63) is 29.0 Å². The van der Waals surface area contributed by atoms with E-state index in [9.17, 15) is 18.4 Å². The average Bonchev–Trinajstić information content (AvgIpc) is 2.71. The van der Waals surface area contributed by atoms with Crippen molar-refractivity contribution in [2.45, 2.75) is 31.5 Å². The smallest absolute Gasteiger partial charge is 0.301 e. The minimum absolute atomic E-state index is 0.152. The molecule has 0 N–H and O–H groups in total. The van der Waals surface area contributed by atoms with E-state index >= 15 is 0 Å². The first-order chi connectivity index (χ1) is 9.32. The Labute approximate surface area is 119 Å². The first kappa shape index (κ1) is 16.6. The van der Waals surface area contributed by atoms with E-state index in [1.165, 1.54) is 12.4 Å². The normalized spacial score (nSPS) is 12.1. The van der Waals surface area contributed by atoms with Gasteiger partial charge in [0.25, 0.3) is 0 Å². The number of hydrogen-bond acceptors (Lipinski definition) is 3. The van der Waals surface area contributed by atoms with E-state index in [2.05, 4.69) is 4.98 Å². The molecule has 0 aliphatic carbocycles. The van der Waals surface area contributed by atoms with Crippen LogP contribution in [0.3, 0.4) is 0 Å². The van der Waals surface area contributed by atoms with Crippen LogP contribution in [-0.4, -0.2) is 32.3 Å². The molecule has 1 rings (SSSR count). The van der Waals surface area contributed by atoms with Crippen molar-refractivity contribution in [1.82, 2.24) is 9.55 Å². The predicted octanol–water partition coefficient (Wildman–Crippen LogP) is 3.32. The molecule has 0 saturated carbocycles. The molecule has 1 heterocycles. The second-order valence-corrected chi connectivity index (χ2v) is 5.43. The number of halogens is 3. The minimum atomic E-state index is -2.28. The Kier molecular flexibility index (Phi) is 6.12. The Bertz CT molecular complexity index is 522. The van der Waals surface area contributed by atoms with Gasteiger partial charge in [-0.05, 0) is 13.8 Å². The second-order valence-electron chi connectivity index (χ2n) is 4.37. The molecular weight excluding hydrogens is 291 g/mol. The van der Waals surface area contributed by atoms with E-state index in [-0.39, 0.29) is 18.2 Å². The average molecular weight is 307 g/mol. The summed E-state index contributed by atoms with van der Waals surface area (Å²) >= 11 is 1.15. The number of aromatic nitrogens is 2. The van der Waals surface area contributed by atoms with Crippen molar-refractivity contribution < 1.29 is 17.9 Å². The molecule has 4 nitrogen and oxygen atoms in total. The van der Waals surface area contributed by atoms with Gasteiger partial charge in [-0.1, -0.05) is 11.8 Å². The highest BCUT2D eigenvalue weighted by Crippen LogP contribution is 2.21. The molecule has 20 heavy (non-hydrogen) atoms. The van der Waals surface area contributed by atoms with Crippen molar-refractivity contribution >= 4 is 18.0 Å². The Morgan fingerprint density at radius 1 is 1.50 bits per heavy atom. The first-order valence-electron chi connectivity index (χ1n) is 5.97. The first-order valence-corrected chi connectivity index (χ1v) is 6.96. The fraction of sp³-hybridized carbons (Fsp3) is 0.500. The maximum Gasteiger partial charge on any atom is 0.301 e. The number of hydrogen-bond donors (Lipinski definition) is 0. The molecule has 0 saturated heterocycles. The fourth-order valence-electron chi connectivity index (χ4n) is 1.26. The zero-order chi connectivity index (χ0) is 15.3. The van der Waals surface area contributed by atoms with Gasteiger partial charge in [-0.3, -0.25) is 0 Å². The van der Waals surface area contributed by atoms with Gasteiger partial charge in [0.1, 0.15) is 5.69 Å². The van der Waals surface area contributed by atoms with E-state index in [1.807, 2.05) is 0 Å². The van der Waals surface area contributed by atoms with Gasteiger partial charge >= 0.3 is 6.08 Å². The van der Waals surface area contributed by atoms with E-state index in [4.69, 9.17) is 0 Å². The second kappa shape index (κ2) is 7.37. The molecule has 0 atom stereocenters. The summed E-state index contributed by atoms with van der Waals surface area (Å²) in [6.07, 6.45) is 0.290. The maximum atomic E-state index is 12.6. The van der Waals surface area contributed by atoms with Crippen LogP contribution in [0.5, 0.6) is 0 Å². The third-order valence-corrected chi connectivity index (χ3v) is 3.55. The summed E-state index contributed by atoms with van der Waals surface area (Å²) < 4.78 is 38.9. The van der Waals surface area contributed by atoms with Gasteiger partial charge in [-0.15, -0.1) is 0 Å². The molecule has 0 radical (unpaired) electrons. The van der Waals surface area contributed by atoms with E-state index < -0.39 is 11.9 Å². The molecule has 0 fully saturated rings. The lowest BCUT2D eigenvalue weighted by atomic mass is 10.4. The molecule has 0 aliphatic rings. The number of nitrogens with zero attached hydrogens (tertiary/aromatic N) is 3. The predicted molar refractivity (Wildman–Crippen MR) is 72.8 cm³/mol. The summed E-state index contributed by atoms with van der Waals surface area (Å²) in [5.41, 5.74) is 0.601. The fourth-order valence-corrected chi connectivity index (χ4v) is 2.16. The molecule has 0 spiro atoms. The van der Waals surface area contributed by atoms with Crippen molar-refractivity contribution in [2.24, 2.45) is 7.05 Å². The van der Waals surface area contributed by atoms with E-state index in [0.29, 0.717) is 10.9 Å². The van der Waals surface area contributed by atoms with Crippen LogP contribution in [0.4, 0.5) is 13.2 Å². The SMILES string of the molecule is CC(C)/[N+]([O-])=C/c1cnc(SCCC(F)=C(F)F)n1C. The van der Waals surface area contributed by atoms with Gasteiger partial charge in [0, 0.05) is 19.2 Å². The zero-order valence-electron chi connectivity index (χ0n) is 11.4. The van der Waals surface area contributed by atoms with Crippen LogP contribution >= 0.6 is 11.8 Å². The van der Waals surface area contributed by atoms with Gasteiger partial charge in [-0.2, -0.15) is 8.78 Å². The number of imidazole rings is 1. The highest BCUT2D eigenvalue weighted by molar-refractivity contribution is 7.99. The van der Waals surface area contributed by atoms with Crippen LogP contribution < -0.4 is 0 Å². The Morgan fingerprint density at radius 3 is 2.70 bits per heavy atom.